The highest BCUT2D eigenvalue weighted by atomic mass is 16.4. The summed E-state index contributed by atoms with van der Waals surface area (Å²) in [6.07, 6.45) is 1.30. The zero-order valence-electron chi connectivity index (χ0n) is 8.34. The van der Waals surface area contributed by atoms with Crippen LogP contribution in [0.3, 0.4) is 0 Å². The fraction of sp³-hybridized carbons (Fsp3) is 0.500. The highest BCUT2D eigenvalue weighted by Crippen LogP contribution is 2.29. The van der Waals surface area contributed by atoms with Gasteiger partial charge in [0.05, 0.1) is 5.57 Å². The van der Waals surface area contributed by atoms with E-state index in [4.69, 9.17) is 5.11 Å². The first-order valence-electron chi connectivity index (χ1n) is 4.68. The monoisotopic (exact) mass is 214 g/mol. The van der Waals surface area contributed by atoms with Gasteiger partial charge < -0.3 is 20.4 Å². The summed E-state index contributed by atoms with van der Waals surface area (Å²) in [4.78, 5) is 10.7. The molecule has 0 spiro atoms. The van der Waals surface area contributed by atoms with E-state index in [2.05, 4.69) is 0 Å². The van der Waals surface area contributed by atoms with Crippen molar-refractivity contribution in [2.75, 3.05) is 0 Å². The molecule has 0 bridgehead atoms. The maximum Gasteiger partial charge on any atom is 0.335 e. The van der Waals surface area contributed by atoms with Crippen molar-refractivity contribution in [1.82, 2.24) is 0 Å². The van der Waals surface area contributed by atoms with Crippen molar-refractivity contribution in [2.24, 2.45) is 0 Å². The maximum atomic E-state index is 10.7. The number of aliphatic carboxylic acids is 1. The molecule has 0 aliphatic heterocycles. The lowest BCUT2D eigenvalue weighted by Crippen LogP contribution is -2.44. The second kappa shape index (κ2) is 4.04. The molecule has 0 saturated heterocycles. The van der Waals surface area contributed by atoms with Crippen LogP contribution in [0.5, 0.6) is 0 Å². The van der Waals surface area contributed by atoms with E-state index in [1.807, 2.05) is 0 Å². The zero-order chi connectivity index (χ0) is 11.6. The number of hydrogen-bond donors (Lipinski definition) is 4. The summed E-state index contributed by atoms with van der Waals surface area (Å²) >= 11 is 0. The summed E-state index contributed by atoms with van der Waals surface area (Å²) in [6, 6.07) is 0. The molecule has 0 amide bonds. The second-order valence-electron chi connectivity index (χ2n) is 3.62. The Morgan fingerprint density at radius 2 is 2.20 bits per heavy atom. The minimum absolute atomic E-state index is 0.183. The lowest BCUT2D eigenvalue weighted by atomic mass is 9.84. The van der Waals surface area contributed by atoms with Gasteiger partial charge in [-0.15, -0.1) is 0 Å². The molecule has 84 valence electrons. The lowest BCUT2D eigenvalue weighted by Gasteiger charge is -2.32. The average molecular weight is 214 g/mol. The van der Waals surface area contributed by atoms with Crippen molar-refractivity contribution in [3.8, 4) is 0 Å². The number of carboxylic acid groups (broad SMARTS) is 1. The Morgan fingerprint density at radius 3 is 2.67 bits per heavy atom. The van der Waals surface area contributed by atoms with Crippen molar-refractivity contribution in [3.05, 3.63) is 23.5 Å². The molecule has 1 aliphatic carbocycles. The van der Waals surface area contributed by atoms with Crippen LogP contribution in [0.2, 0.25) is 0 Å². The van der Waals surface area contributed by atoms with E-state index in [0.717, 1.165) is 12.2 Å². The highest BCUT2D eigenvalue weighted by Gasteiger charge is 2.39. The van der Waals surface area contributed by atoms with E-state index in [9.17, 15) is 20.1 Å². The Bertz CT molecular complexity index is 331. The van der Waals surface area contributed by atoms with Gasteiger partial charge in [-0.3, -0.25) is 0 Å². The minimum atomic E-state index is -1.69. The molecule has 0 heterocycles. The average Bonchev–Trinajstić information content (AvgIpc) is 2.14. The number of carbonyl (C=O) groups is 1. The van der Waals surface area contributed by atoms with Crippen LogP contribution in [0, 0.1) is 0 Å². The fourth-order valence-electron chi connectivity index (χ4n) is 1.62. The Balaban J connectivity index is 3.09. The van der Waals surface area contributed by atoms with Gasteiger partial charge in [-0.1, -0.05) is 13.3 Å². The van der Waals surface area contributed by atoms with Crippen molar-refractivity contribution in [2.45, 2.75) is 31.5 Å². The molecule has 0 aromatic rings. The molecule has 0 saturated carbocycles. The largest absolute Gasteiger partial charge is 0.509 e. The molecule has 5 nitrogen and oxygen atoms in total. The van der Waals surface area contributed by atoms with E-state index >= 15 is 0 Å². The van der Waals surface area contributed by atoms with Gasteiger partial charge in [0.1, 0.15) is 17.5 Å². The van der Waals surface area contributed by atoms with Crippen LogP contribution < -0.4 is 0 Å². The molecule has 0 fully saturated rings. The van der Waals surface area contributed by atoms with E-state index in [1.165, 1.54) is 0 Å². The van der Waals surface area contributed by atoms with Crippen molar-refractivity contribution >= 4 is 5.97 Å². The van der Waals surface area contributed by atoms with Crippen LogP contribution in [0.1, 0.15) is 19.8 Å². The molecule has 0 aromatic heterocycles. The topological polar surface area (TPSA) is 98.0 Å². The first-order chi connectivity index (χ1) is 6.90. The second-order valence-corrected chi connectivity index (χ2v) is 3.62. The third-order valence-corrected chi connectivity index (χ3v) is 2.36. The summed E-state index contributed by atoms with van der Waals surface area (Å²) in [6.45, 7) is 1.79. The molecule has 1 aliphatic rings. The highest BCUT2D eigenvalue weighted by molar-refractivity contribution is 5.90. The van der Waals surface area contributed by atoms with Crippen LogP contribution in [-0.4, -0.2) is 38.1 Å². The third-order valence-electron chi connectivity index (χ3n) is 2.36. The standard InChI is InChI=1S/C10H14O5/c1-2-3-10(15)5-6(9(13)14)4-7(11)8(10)12/h4-5,8,11-12,15H,2-3H2,1H3,(H,13,14). The Kier molecular flexibility index (Phi) is 3.16. The Labute approximate surface area is 87.0 Å². The molecule has 2 atom stereocenters. The predicted molar refractivity (Wildman–Crippen MR) is 52.3 cm³/mol. The van der Waals surface area contributed by atoms with Crippen LogP contribution in [0.4, 0.5) is 0 Å². The molecule has 0 aromatic carbocycles. The van der Waals surface area contributed by atoms with Gasteiger partial charge in [0.25, 0.3) is 0 Å². The number of aliphatic hydroxyl groups is 3. The Hall–Kier alpha value is -1.33. The lowest BCUT2D eigenvalue weighted by molar-refractivity contribution is -0.132. The summed E-state index contributed by atoms with van der Waals surface area (Å²) in [5.74, 6) is -1.77. The Morgan fingerprint density at radius 1 is 1.60 bits per heavy atom. The normalized spacial score (nSPS) is 30.7. The summed E-state index contributed by atoms with van der Waals surface area (Å²) in [7, 11) is 0. The van der Waals surface area contributed by atoms with Crippen molar-refractivity contribution in [3.63, 3.8) is 0 Å². The maximum absolute atomic E-state index is 10.7. The smallest absolute Gasteiger partial charge is 0.335 e. The van der Waals surface area contributed by atoms with E-state index in [-0.39, 0.29) is 12.0 Å². The van der Waals surface area contributed by atoms with Gasteiger partial charge in [-0.2, -0.15) is 0 Å². The van der Waals surface area contributed by atoms with Gasteiger partial charge >= 0.3 is 5.97 Å². The van der Waals surface area contributed by atoms with Gasteiger partial charge in [-0.25, -0.2) is 4.79 Å². The number of rotatable bonds is 3. The van der Waals surface area contributed by atoms with Gasteiger partial charge in [-0.05, 0) is 18.6 Å². The summed E-state index contributed by atoms with van der Waals surface area (Å²) in [5.41, 5.74) is -1.91. The van der Waals surface area contributed by atoms with Crippen LogP contribution in [-0.2, 0) is 4.79 Å². The van der Waals surface area contributed by atoms with E-state index in [1.54, 1.807) is 6.92 Å². The molecule has 4 N–H and O–H groups in total. The summed E-state index contributed by atoms with van der Waals surface area (Å²) < 4.78 is 0. The van der Waals surface area contributed by atoms with Crippen LogP contribution in [0.25, 0.3) is 0 Å². The summed E-state index contributed by atoms with van der Waals surface area (Å²) in [5, 5.41) is 37.5. The molecule has 0 radical (unpaired) electrons. The third kappa shape index (κ3) is 2.19. The fourth-order valence-corrected chi connectivity index (χ4v) is 1.62. The zero-order valence-corrected chi connectivity index (χ0v) is 8.34. The minimum Gasteiger partial charge on any atom is -0.509 e. The molecular formula is C10H14O5. The SMILES string of the molecule is CCCC1(O)C=C(C(=O)O)C=C(O)C1O. The molecule has 1 rings (SSSR count). The predicted octanol–water partition coefficient (Wildman–Crippen LogP) is 0.345. The molecule has 2 unspecified atom stereocenters. The van der Waals surface area contributed by atoms with E-state index < -0.39 is 23.4 Å². The van der Waals surface area contributed by atoms with E-state index in [0.29, 0.717) is 6.42 Å². The van der Waals surface area contributed by atoms with Gasteiger partial charge in [0, 0.05) is 0 Å². The number of hydrogen-bond acceptors (Lipinski definition) is 4. The first-order valence-corrected chi connectivity index (χ1v) is 4.68. The van der Waals surface area contributed by atoms with Crippen LogP contribution in [0.15, 0.2) is 23.5 Å². The molecular weight excluding hydrogens is 200 g/mol. The van der Waals surface area contributed by atoms with Crippen molar-refractivity contribution < 1.29 is 25.2 Å². The number of carboxylic acids is 1. The van der Waals surface area contributed by atoms with Crippen molar-refractivity contribution in [1.29, 1.82) is 0 Å². The van der Waals surface area contributed by atoms with Crippen LogP contribution >= 0.6 is 0 Å². The van der Waals surface area contributed by atoms with Gasteiger partial charge in [0.2, 0.25) is 0 Å². The molecule has 15 heavy (non-hydrogen) atoms. The quantitative estimate of drug-likeness (QED) is 0.543. The first kappa shape index (κ1) is 11.7. The molecule has 5 heteroatoms. The number of aliphatic hydroxyl groups excluding tert-OH is 2. The van der Waals surface area contributed by atoms with Gasteiger partial charge in [0.15, 0.2) is 0 Å².